The molecule has 0 heterocycles. The minimum absolute atomic E-state index is 0.0902. The van der Waals surface area contributed by atoms with Crippen molar-refractivity contribution < 1.29 is 28.6 Å². The van der Waals surface area contributed by atoms with Gasteiger partial charge in [0.2, 0.25) is 0 Å². The first-order valence-electron chi connectivity index (χ1n) is 4.01. The van der Waals surface area contributed by atoms with E-state index in [-0.39, 0.29) is 5.57 Å². The number of rotatable bonds is 4. The summed E-state index contributed by atoms with van der Waals surface area (Å²) >= 11 is 0. The molecule has 0 aliphatic rings. The lowest BCUT2D eigenvalue weighted by molar-refractivity contribution is -0.154. The lowest BCUT2D eigenvalue weighted by atomic mass is 10.3. The Kier molecular flexibility index (Phi) is 5.77. The molecule has 0 aromatic heterocycles. The van der Waals surface area contributed by atoms with Crippen molar-refractivity contribution in [1.29, 1.82) is 0 Å². The van der Waals surface area contributed by atoms with Gasteiger partial charge in [-0.25, -0.2) is 14.4 Å². The van der Waals surface area contributed by atoms with Crippen LogP contribution in [0.3, 0.4) is 0 Å². The van der Waals surface area contributed by atoms with E-state index in [0.717, 1.165) is 6.08 Å². The molecule has 0 saturated heterocycles. The average molecular weight is 216 g/mol. The van der Waals surface area contributed by atoms with Gasteiger partial charge in [-0.2, -0.15) is 0 Å². The Hall–Kier alpha value is -1.85. The summed E-state index contributed by atoms with van der Waals surface area (Å²) in [5.74, 6) is -2.11. The van der Waals surface area contributed by atoms with Crippen LogP contribution < -0.4 is 0 Å². The summed E-state index contributed by atoms with van der Waals surface area (Å²) in [6, 6.07) is 0. The molecule has 0 bridgehead atoms. The third kappa shape index (κ3) is 5.45. The zero-order valence-corrected chi connectivity index (χ0v) is 8.73. The molecule has 0 amide bonds. The van der Waals surface area contributed by atoms with Crippen LogP contribution in [0.1, 0.15) is 6.92 Å². The number of hydrogen-bond acceptors (Lipinski definition) is 6. The Labute approximate surface area is 86.8 Å². The molecule has 0 aliphatic heterocycles. The first-order chi connectivity index (χ1) is 7.01. The summed E-state index contributed by atoms with van der Waals surface area (Å²) in [5, 5.41) is 0. The summed E-state index contributed by atoms with van der Waals surface area (Å²) < 4.78 is 13.1. The van der Waals surface area contributed by atoms with E-state index in [2.05, 4.69) is 14.2 Å². The van der Waals surface area contributed by atoms with Crippen LogP contribution in [-0.2, 0) is 28.6 Å². The highest BCUT2D eigenvalue weighted by molar-refractivity contribution is 5.96. The molecule has 0 aromatic rings. The Morgan fingerprint density at radius 1 is 1.13 bits per heavy atom. The van der Waals surface area contributed by atoms with Crippen molar-refractivity contribution in [2.45, 2.75) is 6.92 Å². The Morgan fingerprint density at radius 3 is 2.20 bits per heavy atom. The Morgan fingerprint density at radius 2 is 1.73 bits per heavy atom. The molecule has 0 aliphatic carbocycles. The SMILES string of the molecule is COC(=O)COC(=O)/C=C(/C)C(=O)OC. The van der Waals surface area contributed by atoms with Crippen LogP contribution in [0.15, 0.2) is 11.6 Å². The zero-order valence-electron chi connectivity index (χ0n) is 8.73. The molecule has 15 heavy (non-hydrogen) atoms. The van der Waals surface area contributed by atoms with E-state index in [1.165, 1.54) is 21.1 Å². The van der Waals surface area contributed by atoms with Crippen LogP contribution in [0.25, 0.3) is 0 Å². The van der Waals surface area contributed by atoms with Gasteiger partial charge in [-0.1, -0.05) is 0 Å². The molecule has 0 fully saturated rings. The third-order valence-electron chi connectivity index (χ3n) is 1.40. The lowest BCUT2D eigenvalue weighted by Gasteiger charge is -2.01. The molecule has 0 rings (SSSR count). The normalized spacial score (nSPS) is 10.5. The number of carbonyl (C=O) groups is 3. The second-order valence-corrected chi connectivity index (χ2v) is 2.50. The number of hydrogen-bond donors (Lipinski definition) is 0. The molecular weight excluding hydrogens is 204 g/mol. The first kappa shape index (κ1) is 13.2. The first-order valence-corrected chi connectivity index (χ1v) is 4.01. The molecule has 6 heteroatoms. The van der Waals surface area contributed by atoms with Gasteiger partial charge < -0.3 is 14.2 Å². The van der Waals surface area contributed by atoms with Gasteiger partial charge in [-0.3, -0.25) is 0 Å². The van der Waals surface area contributed by atoms with Crippen molar-refractivity contribution in [2.75, 3.05) is 20.8 Å². The van der Waals surface area contributed by atoms with Crippen molar-refractivity contribution in [3.8, 4) is 0 Å². The Balaban J connectivity index is 4.13. The molecular formula is C9H12O6. The number of methoxy groups -OCH3 is 2. The maximum absolute atomic E-state index is 11.0. The highest BCUT2D eigenvalue weighted by Gasteiger charge is 2.08. The van der Waals surface area contributed by atoms with Gasteiger partial charge in [0.05, 0.1) is 14.2 Å². The van der Waals surface area contributed by atoms with Gasteiger partial charge in [0, 0.05) is 11.6 Å². The van der Waals surface area contributed by atoms with Crippen molar-refractivity contribution in [2.24, 2.45) is 0 Å². The number of ether oxygens (including phenoxy) is 3. The van der Waals surface area contributed by atoms with E-state index < -0.39 is 24.5 Å². The van der Waals surface area contributed by atoms with E-state index in [9.17, 15) is 14.4 Å². The lowest BCUT2D eigenvalue weighted by Crippen LogP contribution is -2.14. The van der Waals surface area contributed by atoms with Crippen LogP contribution in [0.2, 0.25) is 0 Å². The van der Waals surface area contributed by atoms with Gasteiger partial charge in [-0.05, 0) is 6.92 Å². The van der Waals surface area contributed by atoms with Crippen LogP contribution in [0, 0.1) is 0 Å². The molecule has 0 aromatic carbocycles. The van der Waals surface area contributed by atoms with Crippen LogP contribution in [0.5, 0.6) is 0 Å². The maximum atomic E-state index is 11.0. The largest absolute Gasteiger partial charge is 0.466 e. The molecule has 0 atom stereocenters. The smallest absolute Gasteiger partial charge is 0.344 e. The van der Waals surface area contributed by atoms with Crippen molar-refractivity contribution in [1.82, 2.24) is 0 Å². The Bertz CT molecular complexity index is 291. The van der Waals surface area contributed by atoms with Crippen molar-refractivity contribution >= 4 is 17.9 Å². The zero-order chi connectivity index (χ0) is 11.8. The van der Waals surface area contributed by atoms with Gasteiger partial charge >= 0.3 is 17.9 Å². The second-order valence-electron chi connectivity index (χ2n) is 2.50. The molecule has 0 radical (unpaired) electrons. The van der Waals surface area contributed by atoms with Crippen molar-refractivity contribution in [3.05, 3.63) is 11.6 Å². The second kappa shape index (κ2) is 6.58. The predicted molar refractivity (Wildman–Crippen MR) is 48.7 cm³/mol. The minimum Gasteiger partial charge on any atom is -0.466 e. The molecule has 0 saturated carbocycles. The standard InChI is InChI=1S/C9H12O6/c1-6(9(12)14-3)4-7(10)15-5-8(11)13-2/h4H,5H2,1-3H3/b6-4-. The van der Waals surface area contributed by atoms with E-state index in [1.54, 1.807) is 0 Å². The topological polar surface area (TPSA) is 78.9 Å². The molecule has 0 N–H and O–H groups in total. The van der Waals surface area contributed by atoms with E-state index in [0.29, 0.717) is 0 Å². The van der Waals surface area contributed by atoms with Crippen LogP contribution >= 0.6 is 0 Å². The molecule has 0 spiro atoms. The molecule has 6 nitrogen and oxygen atoms in total. The van der Waals surface area contributed by atoms with Gasteiger partial charge in [0.15, 0.2) is 6.61 Å². The summed E-state index contributed by atoms with van der Waals surface area (Å²) in [6.07, 6.45) is 0.939. The van der Waals surface area contributed by atoms with E-state index >= 15 is 0 Å². The summed E-state index contributed by atoms with van der Waals surface area (Å²) in [6.45, 7) is 0.908. The molecule has 0 unspecified atom stereocenters. The van der Waals surface area contributed by atoms with Crippen molar-refractivity contribution in [3.63, 3.8) is 0 Å². The quantitative estimate of drug-likeness (QED) is 0.368. The van der Waals surface area contributed by atoms with Gasteiger partial charge in [-0.15, -0.1) is 0 Å². The van der Waals surface area contributed by atoms with Gasteiger partial charge in [0.25, 0.3) is 0 Å². The van der Waals surface area contributed by atoms with E-state index in [4.69, 9.17) is 0 Å². The number of carbonyl (C=O) groups excluding carboxylic acids is 3. The van der Waals surface area contributed by atoms with Crippen LogP contribution in [-0.4, -0.2) is 38.7 Å². The monoisotopic (exact) mass is 216 g/mol. The van der Waals surface area contributed by atoms with Crippen LogP contribution in [0.4, 0.5) is 0 Å². The fourth-order valence-corrected chi connectivity index (χ4v) is 0.627. The maximum Gasteiger partial charge on any atom is 0.344 e. The average Bonchev–Trinajstić information content (AvgIpc) is 2.24. The highest BCUT2D eigenvalue weighted by atomic mass is 16.6. The van der Waals surface area contributed by atoms with E-state index in [1.807, 2.05) is 0 Å². The third-order valence-corrected chi connectivity index (χ3v) is 1.40. The fraction of sp³-hybridized carbons (Fsp3) is 0.444. The number of esters is 3. The van der Waals surface area contributed by atoms with Gasteiger partial charge in [0.1, 0.15) is 0 Å². The summed E-state index contributed by atoms with van der Waals surface area (Å²) in [5.41, 5.74) is 0.0902. The fourth-order valence-electron chi connectivity index (χ4n) is 0.627. The molecule has 84 valence electrons. The summed E-state index contributed by atoms with van der Waals surface area (Å²) in [7, 11) is 2.37. The summed E-state index contributed by atoms with van der Waals surface area (Å²) in [4.78, 5) is 32.4. The highest BCUT2D eigenvalue weighted by Crippen LogP contribution is 1.96. The minimum atomic E-state index is -0.802. The predicted octanol–water partition coefficient (Wildman–Crippen LogP) is -0.178.